The van der Waals surface area contributed by atoms with Crippen LogP contribution in [0.5, 0.6) is 0 Å². The van der Waals surface area contributed by atoms with Crippen molar-refractivity contribution in [2.75, 3.05) is 11.9 Å². The van der Waals surface area contributed by atoms with Gasteiger partial charge in [-0.1, -0.05) is 54.6 Å². The predicted molar refractivity (Wildman–Crippen MR) is 155 cm³/mol. The Kier molecular flexibility index (Phi) is 6.77. The number of anilines is 1. The molecule has 2 aromatic heterocycles. The topological polar surface area (TPSA) is 62.2 Å². The Labute approximate surface area is 231 Å². The van der Waals surface area contributed by atoms with Gasteiger partial charge in [0.25, 0.3) is 0 Å². The molecule has 8 heteroatoms. The van der Waals surface area contributed by atoms with Crippen molar-refractivity contribution < 1.29 is 9.18 Å². The molecule has 2 N–H and O–H groups in total. The Morgan fingerprint density at radius 2 is 1.74 bits per heavy atom. The van der Waals surface area contributed by atoms with E-state index >= 15 is 0 Å². The maximum Gasteiger partial charge on any atom is 0.226 e. The second-order valence-electron chi connectivity index (χ2n) is 9.40. The first-order chi connectivity index (χ1) is 19.1. The highest BCUT2D eigenvalue weighted by molar-refractivity contribution is 7.80. The van der Waals surface area contributed by atoms with Gasteiger partial charge < -0.3 is 20.1 Å². The van der Waals surface area contributed by atoms with Crippen molar-refractivity contribution in [2.24, 2.45) is 0 Å². The highest BCUT2D eigenvalue weighted by atomic mass is 32.1. The van der Waals surface area contributed by atoms with Gasteiger partial charge in [0.2, 0.25) is 5.91 Å². The summed E-state index contributed by atoms with van der Waals surface area (Å²) in [5, 5.41) is 9.04. The maximum atomic E-state index is 14.8. The Morgan fingerprint density at radius 1 is 0.949 bits per heavy atom. The van der Waals surface area contributed by atoms with E-state index in [1.165, 1.54) is 6.07 Å². The molecule has 1 aliphatic rings. The molecule has 6 nitrogen and oxygen atoms in total. The van der Waals surface area contributed by atoms with E-state index in [0.717, 1.165) is 27.8 Å². The van der Waals surface area contributed by atoms with Crippen LogP contribution in [0.1, 0.15) is 29.9 Å². The highest BCUT2D eigenvalue weighted by Gasteiger charge is 2.41. The van der Waals surface area contributed by atoms with E-state index in [4.69, 9.17) is 12.2 Å². The zero-order chi connectivity index (χ0) is 26.8. The number of pyridine rings is 1. The number of nitrogens with zero attached hydrogens (tertiary/aromatic N) is 3. The number of benzene rings is 3. The Morgan fingerprint density at radius 3 is 2.59 bits per heavy atom. The molecule has 39 heavy (non-hydrogen) atoms. The lowest BCUT2D eigenvalue weighted by atomic mass is 10.0. The number of para-hydroxylation sites is 1. The van der Waals surface area contributed by atoms with Gasteiger partial charge in [-0.05, 0) is 60.1 Å². The lowest BCUT2D eigenvalue weighted by molar-refractivity contribution is -0.116. The second-order valence-corrected chi connectivity index (χ2v) is 9.79. The van der Waals surface area contributed by atoms with E-state index in [9.17, 15) is 9.18 Å². The molecule has 1 aliphatic heterocycles. The van der Waals surface area contributed by atoms with Crippen LogP contribution in [-0.2, 0) is 4.79 Å². The minimum Gasteiger partial charge on any atom is -0.352 e. The fourth-order valence-corrected chi connectivity index (χ4v) is 5.57. The van der Waals surface area contributed by atoms with Crippen molar-refractivity contribution in [2.45, 2.75) is 18.5 Å². The molecule has 0 spiro atoms. The standard InChI is InChI=1S/C31H26FN5OS/c32-23-12-3-4-15-26(23)36-19-8-16-27(36)30-29(25-13-5-6-18-33-25)35-31(39)37(30)20-17-28(38)34-24-14-7-10-21-9-1-2-11-22(21)24/h1-16,18-19,29-30H,17,20H2,(H,34,38)(H,35,39)/t29-,30-/m0/s1. The van der Waals surface area contributed by atoms with Crippen molar-refractivity contribution in [1.29, 1.82) is 0 Å². The fraction of sp³-hybridized carbons (Fsp3) is 0.129. The van der Waals surface area contributed by atoms with E-state index in [2.05, 4.69) is 15.6 Å². The van der Waals surface area contributed by atoms with Crippen LogP contribution in [0.15, 0.2) is 109 Å². The summed E-state index contributed by atoms with van der Waals surface area (Å²) in [5.41, 5.74) is 2.88. The van der Waals surface area contributed by atoms with Gasteiger partial charge in [-0.15, -0.1) is 0 Å². The average Bonchev–Trinajstić information content (AvgIpc) is 3.57. The maximum absolute atomic E-state index is 14.8. The number of aromatic nitrogens is 2. The molecule has 3 heterocycles. The van der Waals surface area contributed by atoms with Crippen molar-refractivity contribution in [3.63, 3.8) is 0 Å². The average molecular weight is 536 g/mol. The summed E-state index contributed by atoms with van der Waals surface area (Å²) in [5.74, 6) is -0.433. The number of thiocarbonyl (C=S) groups is 1. The van der Waals surface area contributed by atoms with Crippen LogP contribution < -0.4 is 10.6 Å². The number of rotatable bonds is 7. The third-order valence-electron chi connectivity index (χ3n) is 7.04. The zero-order valence-corrected chi connectivity index (χ0v) is 21.8. The third kappa shape index (κ3) is 4.86. The molecule has 1 amide bonds. The molecule has 6 rings (SSSR count). The van der Waals surface area contributed by atoms with Gasteiger partial charge >= 0.3 is 0 Å². The number of carbonyl (C=O) groups excluding carboxylic acids is 1. The number of amides is 1. The molecular formula is C31H26FN5OS. The smallest absolute Gasteiger partial charge is 0.226 e. The van der Waals surface area contributed by atoms with Gasteiger partial charge in [0.1, 0.15) is 5.82 Å². The molecule has 0 bridgehead atoms. The van der Waals surface area contributed by atoms with Gasteiger partial charge in [0.15, 0.2) is 5.11 Å². The van der Waals surface area contributed by atoms with E-state index in [1.807, 2.05) is 94.5 Å². The fourth-order valence-electron chi connectivity index (χ4n) is 5.24. The predicted octanol–water partition coefficient (Wildman–Crippen LogP) is 6.17. The number of carbonyl (C=O) groups is 1. The number of nitrogens with one attached hydrogen (secondary N) is 2. The Hall–Kier alpha value is -4.56. The first kappa shape index (κ1) is 24.8. The van der Waals surface area contributed by atoms with E-state index in [0.29, 0.717) is 17.3 Å². The van der Waals surface area contributed by atoms with Gasteiger partial charge in [-0.2, -0.15) is 0 Å². The molecule has 1 saturated heterocycles. The first-order valence-electron chi connectivity index (χ1n) is 12.8. The quantitative estimate of drug-likeness (QED) is 0.244. The molecule has 1 fully saturated rings. The van der Waals surface area contributed by atoms with Crippen LogP contribution in [0, 0.1) is 5.82 Å². The van der Waals surface area contributed by atoms with Gasteiger partial charge in [-0.25, -0.2) is 4.39 Å². The van der Waals surface area contributed by atoms with Crippen molar-refractivity contribution in [3.05, 3.63) is 127 Å². The molecule has 0 radical (unpaired) electrons. The number of hydrogen-bond donors (Lipinski definition) is 2. The molecule has 0 saturated carbocycles. The van der Waals surface area contributed by atoms with Crippen LogP contribution in [0.25, 0.3) is 16.5 Å². The van der Waals surface area contributed by atoms with Crippen molar-refractivity contribution in [3.8, 4) is 5.69 Å². The van der Waals surface area contributed by atoms with Gasteiger partial charge in [-0.3, -0.25) is 9.78 Å². The molecule has 194 valence electrons. The summed E-state index contributed by atoms with van der Waals surface area (Å²) >= 11 is 5.77. The molecular weight excluding hydrogens is 509 g/mol. The third-order valence-corrected chi connectivity index (χ3v) is 7.39. The summed E-state index contributed by atoms with van der Waals surface area (Å²) in [6.45, 7) is 0.374. The summed E-state index contributed by atoms with van der Waals surface area (Å²) < 4.78 is 16.7. The van der Waals surface area contributed by atoms with Crippen molar-refractivity contribution in [1.82, 2.24) is 19.8 Å². The minimum absolute atomic E-state index is 0.112. The first-order valence-corrected chi connectivity index (χ1v) is 13.2. The molecule has 2 atom stereocenters. The largest absolute Gasteiger partial charge is 0.352 e. The number of fused-ring (bicyclic) bond motifs is 1. The highest BCUT2D eigenvalue weighted by Crippen LogP contribution is 2.39. The normalized spacial score (nSPS) is 16.8. The van der Waals surface area contributed by atoms with Gasteiger partial charge in [0, 0.05) is 42.1 Å². The summed E-state index contributed by atoms with van der Waals surface area (Å²) in [4.78, 5) is 19.7. The van der Waals surface area contributed by atoms with Crippen LogP contribution >= 0.6 is 12.2 Å². The summed E-state index contributed by atoms with van der Waals surface area (Å²) in [6.07, 6.45) is 3.81. The monoisotopic (exact) mass is 535 g/mol. The summed E-state index contributed by atoms with van der Waals surface area (Å²) in [6, 6.07) is 29.5. The number of halogens is 1. The summed E-state index contributed by atoms with van der Waals surface area (Å²) in [7, 11) is 0. The number of hydrogen-bond acceptors (Lipinski definition) is 3. The van der Waals surface area contributed by atoms with E-state index < -0.39 is 0 Å². The Bertz CT molecular complexity index is 1650. The van der Waals surface area contributed by atoms with Crippen LogP contribution in [0.3, 0.4) is 0 Å². The molecule has 0 aliphatic carbocycles. The van der Waals surface area contributed by atoms with Crippen LogP contribution in [0.4, 0.5) is 10.1 Å². The van der Waals surface area contributed by atoms with Gasteiger partial charge in [0.05, 0.1) is 23.5 Å². The van der Waals surface area contributed by atoms with E-state index in [-0.39, 0.29) is 30.2 Å². The molecule has 3 aromatic carbocycles. The van der Waals surface area contributed by atoms with Crippen LogP contribution in [-0.4, -0.2) is 32.0 Å². The SMILES string of the molecule is O=C(CCN1C(=S)N[C@@H](c2ccccn2)[C@@H]1c1cccn1-c1ccccc1F)Nc1cccc2ccccc12. The zero-order valence-electron chi connectivity index (χ0n) is 21.0. The van der Waals surface area contributed by atoms with Crippen molar-refractivity contribution >= 4 is 39.7 Å². The van der Waals surface area contributed by atoms with Crippen LogP contribution in [0.2, 0.25) is 0 Å². The molecule has 5 aromatic rings. The lowest BCUT2D eigenvalue weighted by Crippen LogP contribution is -2.33. The molecule has 0 unspecified atom stereocenters. The second kappa shape index (κ2) is 10.7. The minimum atomic E-state index is -0.320. The lowest BCUT2D eigenvalue weighted by Gasteiger charge is -2.29. The van der Waals surface area contributed by atoms with E-state index in [1.54, 1.807) is 18.3 Å². The Balaban J connectivity index is 1.30.